The number of hydrogen-bond donors (Lipinski definition) is 1. The van der Waals surface area contributed by atoms with Crippen molar-refractivity contribution in [1.82, 2.24) is 14.5 Å². The summed E-state index contributed by atoms with van der Waals surface area (Å²) < 4.78 is 2.83. The second kappa shape index (κ2) is 6.83. The number of carbonyl (C=O) groups excluding carboxylic acids is 1. The van der Waals surface area contributed by atoms with Gasteiger partial charge in [-0.1, -0.05) is 17.4 Å². The van der Waals surface area contributed by atoms with E-state index in [1.165, 1.54) is 11.3 Å². The fraction of sp³-hybridized carbons (Fsp3) is 0.238. The van der Waals surface area contributed by atoms with Crippen LogP contribution in [0.5, 0.6) is 0 Å². The van der Waals surface area contributed by atoms with Gasteiger partial charge in [-0.25, -0.2) is 9.97 Å². The molecule has 1 N–H and O–H groups in total. The molecule has 0 radical (unpaired) electrons. The number of rotatable bonds is 3. The zero-order chi connectivity index (χ0) is 20.0. The summed E-state index contributed by atoms with van der Waals surface area (Å²) in [7, 11) is 0. The average Bonchev–Trinajstić information content (AvgIpc) is 3.08. The molecule has 0 saturated heterocycles. The molecule has 0 saturated carbocycles. The molecule has 0 aliphatic carbocycles. The largest absolute Gasteiger partial charge is 0.332 e. The molecule has 3 heterocycles. The molecule has 0 aliphatic rings. The van der Waals surface area contributed by atoms with E-state index >= 15 is 0 Å². The molecule has 1 amide bonds. The van der Waals surface area contributed by atoms with E-state index in [9.17, 15) is 9.59 Å². The van der Waals surface area contributed by atoms with Gasteiger partial charge in [0.1, 0.15) is 11.2 Å². The molecular weight excluding hydrogens is 372 g/mol. The highest BCUT2D eigenvalue weighted by atomic mass is 32.1. The minimum absolute atomic E-state index is 0.0900. The van der Waals surface area contributed by atoms with E-state index in [0.29, 0.717) is 22.7 Å². The summed E-state index contributed by atoms with van der Waals surface area (Å²) in [4.78, 5) is 34.8. The van der Waals surface area contributed by atoms with Crippen molar-refractivity contribution in [3.63, 3.8) is 0 Å². The van der Waals surface area contributed by atoms with Crippen molar-refractivity contribution in [2.24, 2.45) is 0 Å². The number of hydrogen-bond acceptors (Lipinski definition) is 5. The number of fused-ring (bicyclic) bond motifs is 2. The summed E-state index contributed by atoms with van der Waals surface area (Å²) in [5.41, 5.74) is 4.31. The van der Waals surface area contributed by atoms with Crippen LogP contribution in [0.15, 0.2) is 35.3 Å². The van der Waals surface area contributed by atoms with Crippen molar-refractivity contribution in [3.8, 4) is 0 Å². The lowest BCUT2D eigenvalue weighted by Gasteiger charge is -2.11. The van der Waals surface area contributed by atoms with Gasteiger partial charge >= 0.3 is 0 Å². The second-order valence-electron chi connectivity index (χ2n) is 6.81. The van der Waals surface area contributed by atoms with Crippen LogP contribution in [0.2, 0.25) is 0 Å². The van der Waals surface area contributed by atoms with Crippen molar-refractivity contribution in [2.45, 2.75) is 34.2 Å². The summed E-state index contributed by atoms with van der Waals surface area (Å²) in [5.74, 6) is -0.455. The molecule has 142 valence electrons. The Hall–Kier alpha value is -3.06. The van der Waals surface area contributed by atoms with Gasteiger partial charge in [0.05, 0.1) is 15.6 Å². The number of aryl methyl sites for hydroxylation is 4. The van der Waals surface area contributed by atoms with Gasteiger partial charge in [0.25, 0.3) is 5.91 Å². The van der Waals surface area contributed by atoms with E-state index in [0.717, 1.165) is 27.0 Å². The van der Waals surface area contributed by atoms with Crippen LogP contribution in [0.25, 0.3) is 21.3 Å². The van der Waals surface area contributed by atoms with E-state index in [1.807, 2.05) is 44.4 Å². The molecule has 0 fully saturated rings. The molecule has 0 spiro atoms. The predicted octanol–water partition coefficient (Wildman–Crippen LogP) is 4.20. The van der Waals surface area contributed by atoms with Gasteiger partial charge in [-0.3, -0.25) is 14.9 Å². The highest BCUT2D eigenvalue weighted by Gasteiger charge is 2.18. The number of thiazole rings is 1. The number of anilines is 1. The number of pyridine rings is 2. The van der Waals surface area contributed by atoms with Crippen LogP contribution < -0.4 is 10.7 Å². The molecular formula is C21H20N4O2S. The second-order valence-corrected chi connectivity index (χ2v) is 7.84. The normalized spacial score (nSPS) is 11.3. The van der Waals surface area contributed by atoms with Crippen molar-refractivity contribution < 1.29 is 4.79 Å². The lowest BCUT2D eigenvalue weighted by Crippen LogP contribution is -2.24. The molecule has 4 aromatic rings. The average molecular weight is 392 g/mol. The number of carbonyl (C=O) groups is 1. The standard InChI is InChI=1S/C21H20N4O2S/c1-5-25-10-15(18(26)14-8-7-12(3)22-19(14)25)20(27)24-21-23-17-13(4)11(2)6-9-16(17)28-21/h6-10H,5H2,1-4H3,(H,23,24,27). The quantitative estimate of drug-likeness (QED) is 0.567. The molecule has 6 nitrogen and oxygen atoms in total. The summed E-state index contributed by atoms with van der Waals surface area (Å²) in [5, 5.41) is 3.72. The Morgan fingerprint density at radius 2 is 1.93 bits per heavy atom. The molecule has 0 atom stereocenters. The van der Waals surface area contributed by atoms with E-state index in [1.54, 1.807) is 18.3 Å². The molecule has 1 aromatic carbocycles. The zero-order valence-electron chi connectivity index (χ0n) is 16.2. The SMILES string of the molecule is CCn1cc(C(=O)Nc2nc3c(C)c(C)ccc3s2)c(=O)c2ccc(C)nc21. The third-order valence-corrected chi connectivity index (χ3v) is 5.89. The highest BCUT2D eigenvalue weighted by Crippen LogP contribution is 2.29. The van der Waals surface area contributed by atoms with Crippen LogP contribution in [0, 0.1) is 20.8 Å². The summed E-state index contributed by atoms with van der Waals surface area (Å²) in [6.45, 7) is 8.48. The number of benzene rings is 1. The Morgan fingerprint density at radius 1 is 1.14 bits per heavy atom. The molecule has 0 unspecified atom stereocenters. The van der Waals surface area contributed by atoms with Gasteiger partial charge in [-0.2, -0.15) is 0 Å². The first-order valence-electron chi connectivity index (χ1n) is 9.08. The zero-order valence-corrected chi connectivity index (χ0v) is 17.0. The van der Waals surface area contributed by atoms with Crippen LogP contribution in [0.4, 0.5) is 5.13 Å². The van der Waals surface area contributed by atoms with Crippen molar-refractivity contribution in [2.75, 3.05) is 5.32 Å². The summed E-state index contributed by atoms with van der Waals surface area (Å²) >= 11 is 1.40. The Balaban J connectivity index is 1.77. The van der Waals surface area contributed by atoms with E-state index in [-0.39, 0.29) is 11.0 Å². The maximum absolute atomic E-state index is 12.9. The topological polar surface area (TPSA) is 76.9 Å². The molecule has 4 rings (SSSR count). The minimum Gasteiger partial charge on any atom is -0.332 e. The Kier molecular flexibility index (Phi) is 4.47. The van der Waals surface area contributed by atoms with Gasteiger partial charge in [0, 0.05) is 18.4 Å². The fourth-order valence-corrected chi connectivity index (χ4v) is 4.13. The molecule has 0 aliphatic heterocycles. The first-order valence-corrected chi connectivity index (χ1v) is 9.89. The van der Waals surface area contributed by atoms with Crippen molar-refractivity contribution in [3.05, 3.63) is 63.1 Å². The predicted molar refractivity (Wildman–Crippen MR) is 113 cm³/mol. The van der Waals surface area contributed by atoms with Crippen LogP contribution >= 0.6 is 11.3 Å². The number of nitrogens with zero attached hydrogens (tertiary/aromatic N) is 3. The lowest BCUT2D eigenvalue weighted by atomic mass is 10.1. The van der Waals surface area contributed by atoms with E-state index in [4.69, 9.17) is 0 Å². The molecule has 3 aromatic heterocycles. The lowest BCUT2D eigenvalue weighted by molar-refractivity contribution is 0.102. The first-order chi connectivity index (χ1) is 13.4. The monoisotopic (exact) mass is 392 g/mol. The molecule has 28 heavy (non-hydrogen) atoms. The smallest absolute Gasteiger partial charge is 0.262 e. The first kappa shape index (κ1) is 18.3. The summed E-state index contributed by atoms with van der Waals surface area (Å²) in [6.07, 6.45) is 1.58. The third-order valence-electron chi connectivity index (χ3n) is 4.95. The van der Waals surface area contributed by atoms with Gasteiger partial charge in [-0.15, -0.1) is 0 Å². The molecule has 7 heteroatoms. The fourth-order valence-electron chi connectivity index (χ4n) is 3.21. The van der Waals surface area contributed by atoms with Gasteiger partial charge < -0.3 is 4.57 Å². The van der Waals surface area contributed by atoms with Crippen molar-refractivity contribution in [1.29, 1.82) is 0 Å². The van der Waals surface area contributed by atoms with Gasteiger partial charge in [-0.05, 0) is 57.0 Å². The van der Waals surface area contributed by atoms with E-state index < -0.39 is 5.91 Å². The van der Waals surface area contributed by atoms with Gasteiger partial charge in [0.2, 0.25) is 5.43 Å². The maximum Gasteiger partial charge on any atom is 0.262 e. The van der Waals surface area contributed by atoms with Crippen molar-refractivity contribution >= 4 is 43.6 Å². The number of amides is 1. The molecule has 0 bridgehead atoms. The van der Waals surface area contributed by atoms with E-state index in [2.05, 4.69) is 15.3 Å². The van der Waals surface area contributed by atoms with Crippen LogP contribution in [-0.4, -0.2) is 20.4 Å². The third kappa shape index (κ3) is 2.97. The number of aromatic nitrogens is 3. The Morgan fingerprint density at radius 3 is 2.68 bits per heavy atom. The minimum atomic E-state index is -0.455. The number of nitrogens with one attached hydrogen (secondary N) is 1. The van der Waals surface area contributed by atoms with Gasteiger partial charge in [0.15, 0.2) is 5.13 Å². The Labute approximate surface area is 165 Å². The Bertz CT molecular complexity index is 1300. The van der Waals surface area contributed by atoms with Crippen LogP contribution in [0.3, 0.4) is 0 Å². The van der Waals surface area contributed by atoms with Crippen LogP contribution in [-0.2, 0) is 6.54 Å². The van der Waals surface area contributed by atoms with Crippen LogP contribution in [0.1, 0.15) is 34.1 Å². The summed E-state index contributed by atoms with van der Waals surface area (Å²) in [6, 6.07) is 7.55. The maximum atomic E-state index is 12.9. The highest BCUT2D eigenvalue weighted by molar-refractivity contribution is 7.22.